The van der Waals surface area contributed by atoms with Gasteiger partial charge in [-0.2, -0.15) is 0 Å². The molecule has 2 aromatic rings. The van der Waals surface area contributed by atoms with Crippen LogP contribution in [0.2, 0.25) is 0 Å². The number of ether oxygens (including phenoxy) is 1. The zero-order valence-electron chi connectivity index (χ0n) is 11.6. The van der Waals surface area contributed by atoms with Gasteiger partial charge in [-0.15, -0.1) is 11.6 Å². The number of rotatable bonds is 3. The standard InChI is InChI=1S/C16H19ClN2O/c1-12-9-19(11-15(8-17)20-12)10-13-4-5-16-14(7-13)3-2-6-18-16/h2-7,12,15H,8-11H2,1H3. The maximum absolute atomic E-state index is 5.93. The Morgan fingerprint density at radius 1 is 1.35 bits per heavy atom. The van der Waals surface area contributed by atoms with Crippen molar-refractivity contribution in [2.75, 3.05) is 19.0 Å². The van der Waals surface area contributed by atoms with Crippen molar-refractivity contribution in [3.63, 3.8) is 0 Å². The van der Waals surface area contributed by atoms with Gasteiger partial charge in [-0.25, -0.2) is 0 Å². The van der Waals surface area contributed by atoms with Crippen LogP contribution < -0.4 is 0 Å². The summed E-state index contributed by atoms with van der Waals surface area (Å²) in [7, 11) is 0. The van der Waals surface area contributed by atoms with Gasteiger partial charge in [0.05, 0.1) is 17.7 Å². The van der Waals surface area contributed by atoms with Crippen molar-refractivity contribution >= 4 is 22.5 Å². The fraction of sp³-hybridized carbons (Fsp3) is 0.438. The van der Waals surface area contributed by atoms with Crippen LogP contribution in [0.25, 0.3) is 10.9 Å². The van der Waals surface area contributed by atoms with Gasteiger partial charge in [-0.3, -0.25) is 9.88 Å². The van der Waals surface area contributed by atoms with E-state index in [1.165, 1.54) is 10.9 Å². The van der Waals surface area contributed by atoms with Crippen LogP contribution in [-0.2, 0) is 11.3 Å². The molecule has 4 heteroatoms. The molecule has 3 nitrogen and oxygen atoms in total. The van der Waals surface area contributed by atoms with Crippen LogP contribution in [0.15, 0.2) is 36.5 Å². The normalized spacial score (nSPS) is 24.1. The maximum atomic E-state index is 5.93. The Kier molecular flexibility index (Phi) is 4.20. The molecule has 3 rings (SSSR count). The highest BCUT2D eigenvalue weighted by atomic mass is 35.5. The van der Waals surface area contributed by atoms with Crippen molar-refractivity contribution in [3.8, 4) is 0 Å². The number of hydrogen-bond acceptors (Lipinski definition) is 3. The highest BCUT2D eigenvalue weighted by Gasteiger charge is 2.24. The highest BCUT2D eigenvalue weighted by molar-refractivity contribution is 6.18. The molecular formula is C16H19ClN2O. The summed E-state index contributed by atoms with van der Waals surface area (Å²) in [4.78, 5) is 6.77. The topological polar surface area (TPSA) is 25.4 Å². The first kappa shape index (κ1) is 13.8. The molecule has 0 spiro atoms. The Labute approximate surface area is 124 Å². The summed E-state index contributed by atoms with van der Waals surface area (Å²) in [6.45, 7) is 4.90. The minimum atomic E-state index is 0.141. The first-order chi connectivity index (χ1) is 9.74. The summed E-state index contributed by atoms with van der Waals surface area (Å²) in [6, 6.07) is 10.6. The van der Waals surface area contributed by atoms with Gasteiger partial charge in [0.25, 0.3) is 0 Å². The lowest BCUT2D eigenvalue weighted by Gasteiger charge is -2.36. The van der Waals surface area contributed by atoms with Crippen LogP contribution in [0, 0.1) is 0 Å². The molecule has 2 heterocycles. The van der Waals surface area contributed by atoms with E-state index in [2.05, 4.69) is 41.1 Å². The Balaban J connectivity index is 1.75. The van der Waals surface area contributed by atoms with E-state index in [0.29, 0.717) is 5.88 Å². The largest absolute Gasteiger partial charge is 0.371 e. The predicted octanol–water partition coefficient (Wildman–Crippen LogP) is 3.06. The maximum Gasteiger partial charge on any atom is 0.0841 e. The van der Waals surface area contributed by atoms with Crippen molar-refractivity contribution < 1.29 is 4.74 Å². The van der Waals surface area contributed by atoms with E-state index >= 15 is 0 Å². The molecule has 0 saturated carbocycles. The molecule has 1 fully saturated rings. The minimum Gasteiger partial charge on any atom is -0.371 e. The van der Waals surface area contributed by atoms with Crippen LogP contribution in [0.3, 0.4) is 0 Å². The molecule has 2 unspecified atom stereocenters. The van der Waals surface area contributed by atoms with E-state index in [1.54, 1.807) is 0 Å². The lowest BCUT2D eigenvalue weighted by atomic mass is 10.1. The fourth-order valence-corrected chi connectivity index (χ4v) is 3.01. The summed E-state index contributed by atoms with van der Waals surface area (Å²) in [5.74, 6) is 0.558. The lowest BCUT2D eigenvalue weighted by molar-refractivity contribution is -0.0688. The molecule has 1 saturated heterocycles. The molecule has 0 radical (unpaired) electrons. The number of alkyl halides is 1. The Hall–Kier alpha value is -1.16. The highest BCUT2D eigenvalue weighted by Crippen LogP contribution is 2.18. The van der Waals surface area contributed by atoms with Gasteiger partial charge in [0.1, 0.15) is 0 Å². The van der Waals surface area contributed by atoms with Gasteiger partial charge >= 0.3 is 0 Å². The Morgan fingerprint density at radius 3 is 3.10 bits per heavy atom. The number of nitrogens with zero attached hydrogens (tertiary/aromatic N) is 2. The smallest absolute Gasteiger partial charge is 0.0841 e. The minimum absolute atomic E-state index is 0.141. The van der Waals surface area contributed by atoms with Crippen LogP contribution in [0.5, 0.6) is 0 Å². The monoisotopic (exact) mass is 290 g/mol. The average Bonchev–Trinajstić information content (AvgIpc) is 2.46. The van der Waals surface area contributed by atoms with Gasteiger partial charge in [-0.1, -0.05) is 12.1 Å². The molecule has 106 valence electrons. The zero-order valence-corrected chi connectivity index (χ0v) is 12.4. The first-order valence-corrected chi connectivity index (χ1v) is 7.55. The van der Waals surface area contributed by atoms with E-state index in [-0.39, 0.29) is 12.2 Å². The summed E-state index contributed by atoms with van der Waals surface area (Å²) < 4.78 is 5.79. The lowest BCUT2D eigenvalue weighted by Crippen LogP contribution is -2.46. The Morgan fingerprint density at radius 2 is 2.25 bits per heavy atom. The molecule has 2 atom stereocenters. The molecule has 0 aliphatic carbocycles. The second-order valence-corrected chi connectivity index (χ2v) is 5.76. The van der Waals surface area contributed by atoms with E-state index < -0.39 is 0 Å². The van der Waals surface area contributed by atoms with Gasteiger partial charge in [0.15, 0.2) is 0 Å². The number of morpholine rings is 1. The number of fused-ring (bicyclic) bond motifs is 1. The molecule has 0 amide bonds. The van der Waals surface area contributed by atoms with Crippen molar-refractivity contribution in [1.29, 1.82) is 0 Å². The third-order valence-corrected chi connectivity index (χ3v) is 3.99. The van der Waals surface area contributed by atoms with Crippen LogP contribution in [-0.4, -0.2) is 41.1 Å². The van der Waals surface area contributed by atoms with Gasteiger partial charge in [0, 0.05) is 37.1 Å². The van der Waals surface area contributed by atoms with Gasteiger partial charge < -0.3 is 4.74 Å². The van der Waals surface area contributed by atoms with E-state index in [4.69, 9.17) is 16.3 Å². The van der Waals surface area contributed by atoms with E-state index in [0.717, 1.165) is 25.2 Å². The average molecular weight is 291 g/mol. The van der Waals surface area contributed by atoms with E-state index in [9.17, 15) is 0 Å². The Bertz CT molecular complexity index is 589. The number of aromatic nitrogens is 1. The second-order valence-electron chi connectivity index (χ2n) is 5.45. The zero-order chi connectivity index (χ0) is 13.9. The van der Waals surface area contributed by atoms with Crippen molar-refractivity contribution in [2.45, 2.75) is 25.7 Å². The first-order valence-electron chi connectivity index (χ1n) is 7.02. The quantitative estimate of drug-likeness (QED) is 0.813. The molecular weight excluding hydrogens is 272 g/mol. The predicted molar refractivity (Wildman–Crippen MR) is 82.1 cm³/mol. The van der Waals surface area contributed by atoms with Crippen LogP contribution >= 0.6 is 11.6 Å². The number of pyridine rings is 1. The summed E-state index contributed by atoms with van der Waals surface area (Å²) in [5.41, 5.74) is 2.36. The molecule has 20 heavy (non-hydrogen) atoms. The van der Waals surface area contributed by atoms with E-state index in [1.807, 2.05) is 12.3 Å². The summed E-state index contributed by atoms with van der Waals surface area (Å²) >= 11 is 5.93. The molecule has 1 aromatic carbocycles. The molecule has 0 bridgehead atoms. The number of hydrogen-bond donors (Lipinski definition) is 0. The third-order valence-electron chi connectivity index (χ3n) is 3.65. The fourth-order valence-electron chi connectivity index (χ4n) is 2.84. The van der Waals surface area contributed by atoms with Crippen molar-refractivity contribution in [2.24, 2.45) is 0 Å². The second kappa shape index (κ2) is 6.08. The van der Waals surface area contributed by atoms with Gasteiger partial charge in [-0.05, 0) is 30.7 Å². The molecule has 0 N–H and O–H groups in total. The van der Waals surface area contributed by atoms with Crippen molar-refractivity contribution in [3.05, 3.63) is 42.1 Å². The van der Waals surface area contributed by atoms with Crippen LogP contribution in [0.1, 0.15) is 12.5 Å². The number of benzene rings is 1. The summed E-state index contributed by atoms with van der Waals surface area (Å²) in [6.07, 6.45) is 2.22. The SMILES string of the molecule is CC1CN(Cc2ccc3ncccc3c2)CC(CCl)O1. The van der Waals surface area contributed by atoms with Crippen molar-refractivity contribution in [1.82, 2.24) is 9.88 Å². The van der Waals surface area contributed by atoms with Crippen LogP contribution in [0.4, 0.5) is 0 Å². The summed E-state index contributed by atoms with van der Waals surface area (Å²) in [5, 5.41) is 1.19. The van der Waals surface area contributed by atoms with Gasteiger partial charge in [0.2, 0.25) is 0 Å². The molecule has 1 aliphatic rings. The molecule has 1 aliphatic heterocycles. The molecule has 1 aromatic heterocycles. The third kappa shape index (κ3) is 3.11. The number of halogens is 1.